The Hall–Kier alpha value is -1.52. The minimum absolute atomic E-state index is 0. The van der Waals surface area contributed by atoms with Gasteiger partial charge in [0.25, 0.3) is 0 Å². The molecular weight excluding hydrogens is 489 g/mol. The third-order valence-electron chi connectivity index (χ3n) is 4.12. The lowest BCUT2D eigenvalue weighted by Crippen LogP contribution is -2.39. The monoisotopic (exact) mass is 519 g/mol. The predicted octanol–water partition coefficient (Wildman–Crippen LogP) is 3.39. The Balaban J connectivity index is 0.00000392. The molecule has 1 atom stereocenters. The molecule has 1 aromatic heterocycles. The largest absolute Gasteiger partial charge is 0.497 e. The molecule has 0 bridgehead atoms. The molecule has 0 aliphatic rings. The van der Waals surface area contributed by atoms with Crippen LogP contribution in [0.25, 0.3) is 0 Å². The van der Waals surface area contributed by atoms with E-state index in [1.807, 2.05) is 42.6 Å². The first-order chi connectivity index (χ1) is 13.0. The van der Waals surface area contributed by atoms with Crippen molar-refractivity contribution >= 4 is 41.3 Å². The number of ether oxygens (including phenoxy) is 2. The Morgan fingerprint density at radius 2 is 2.00 bits per heavy atom. The maximum atomic E-state index is 10.6. The highest BCUT2D eigenvalue weighted by Gasteiger charge is 2.24. The third kappa shape index (κ3) is 7.14. The number of guanidine groups is 1. The fraction of sp³-hybridized carbons (Fsp3) is 0.450. The number of nitrogens with zero attached hydrogens (tertiary/aromatic N) is 1. The number of hydrogen-bond acceptors (Lipinski definition) is 5. The third-order valence-corrected chi connectivity index (χ3v) is 5.24. The Morgan fingerprint density at radius 3 is 2.61 bits per heavy atom. The van der Waals surface area contributed by atoms with Crippen molar-refractivity contribution < 1.29 is 14.6 Å². The fourth-order valence-corrected chi connectivity index (χ4v) is 3.41. The van der Waals surface area contributed by atoms with Crippen molar-refractivity contribution in [1.29, 1.82) is 0 Å². The summed E-state index contributed by atoms with van der Waals surface area (Å²) in [5, 5.41) is 19.1. The van der Waals surface area contributed by atoms with Gasteiger partial charge in [0.2, 0.25) is 0 Å². The molecule has 3 N–H and O–H groups in total. The van der Waals surface area contributed by atoms with Crippen molar-refractivity contribution in [2.45, 2.75) is 25.9 Å². The minimum atomic E-state index is -0.980. The van der Waals surface area contributed by atoms with E-state index < -0.39 is 5.60 Å². The molecule has 8 heteroatoms. The number of halogens is 1. The average Bonchev–Trinajstić information content (AvgIpc) is 3.22. The van der Waals surface area contributed by atoms with Crippen LogP contribution in [0.2, 0.25) is 0 Å². The Kier molecular flexibility index (Phi) is 10.6. The lowest BCUT2D eigenvalue weighted by molar-refractivity contribution is 0.0711. The summed E-state index contributed by atoms with van der Waals surface area (Å²) < 4.78 is 10.7. The zero-order chi connectivity index (χ0) is 19.7. The van der Waals surface area contributed by atoms with Crippen LogP contribution in [-0.4, -0.2) is 44.9 Å². The SMILES string of the molecule is CCNC(=NCC(C)(O)c1cccs1)NCCc1cc(OC)ccc1OC.I. The van der Waals surface area contributed by atoms with Gasteiger partial charge >= 0.3 is 0 Å². The first-order valence-electron chi connectivity index (χ1n) is 8.99. The van der Waals surface area contributed by atoms with Gasteiger partial charge in [-0.3, -0.25) is 0 Å². The van der Waals surface area contributed by atoms with E-state index >= 15 is 0 Å². The number of methoxy groups -OCH3 is 2. The molecule has 2 rings (SSSR count). The summed E-state index contributed by atoms with van der Waals surface area (Å²) in [6.45, 7) is 5.50. The number of thiophene rings is 1. The first-order valence-corrected chi connectivity index (χ1v) is 9.87. The second-order valence-electron chi connectivity index (χ2n) is 6.30. The second kappa shape index (κ2) is 12.1. The van der Waals surface area contributed by atoms with Gasteiger partial charge in [-0.15, -0.1) is 35.3 Å². The molecule has 0 radical (unpaired) electrons. The van der Waals surface area contributed by atoms with Crippen LogP contribution >= 0.6 is 35.3 Å². The number of benzene rings is 1. The maximum Gasteiger partial charge on any atom is 0.191 e. The summed E-state index contributed by atoms with van der Waals surface area (Å²) in [5.41, 5.74) is 0.0813. The van der Waals surface area contributed by atoms with Gasteiger partial charge in [-0.05, 0) is 55.5 Å². The van der Waals surface area contributed by atoms with E-state index in [0.717, 1.165) is 34.9 Å². The molecule has 0 saturated carbocycles. The van der Waals surface area contributed by atoms with Crippen LogP contribution in [0.1, 0.15) is 24.3 Å². The lowest BCUT2D eigenvalue weighted by atomic mass is 10.1. The summed E-state index contributed by atoms with van der Waals surface area (Å²) >= 11 is 1.53. The van der Waals surface area contributed by atoms with Crippen molar-refractivity contribution in [3.63, 3.8) is 0 Å². The summed E-state index contributed by atoms with van der Waals surface area (Å²) in [4.78, 5) is 5.45. The van der Waals surface area contributed by atoms with Crippen molar-refractivity contribution in [2.75, 3.05) is 33.9 Å². The van der Waals surface area contributed by atoms with Gasteiger partial charge in [-0.2, -0.15) is 0 Å². The summed E-state index contributed by atoms with van der Waals surface area (Å²) in [7, 11) is 3.32. The van der Waals surface area contributed by atoms with Gasteiger partial charge in [-0.1, -0.05) is 6.07 Å². The Bertz CT molecular complexity index is 736. The summed E-state index contributed by atoms with van der Waals surface area (Å²) in [6.07, 6.45) is 0.756. The quantitative estimate of drug-likeness (QED) is 0.269. The molecule has 6 nitrogen and oxygen atoms in total. The Morgan fingerprint density at radius 1 is 1.21 bits per heavy atom. The standard InChI is InChI=1S/C20H29N3O3S.HI/c1-5-21-19(23-14-20(2,24)18-7-6-12-27-18)22-11-10-15-13-16(25-3)8-9-17(15)26-4;/h6-9,12-13,24H,5,10-11,14H2,1-4H3,(H2,21,22,23);1H. The van der Waals surface area contributed by atoms with E-state index in [1.54, 1.807) is 21.1 Å². The normalized spacial score (nSPS) is 13.2. The number of nitrogens with one attached hydrogen (secondary N) is 2. The van der Waals surface area contributed by atoms with Crippen LogP contribution in [0.15, 0.2) is 40.7 Å². The fourth-order valence-electron chi connectivity index (χ4n) is 2.63. The van der Waals surface area contributed by atoms with Crippen molar-refractivity contribution in [2.24, 2.45) is 4.99 Å². The van der Waals surface area contributed by atoms with Crippen LogP contribution < -0.4 is 20.1 Å². The van der Waals surface area contributed by atoms with Crippen LogP contribution in [0.3, 0.4) is 0 Å². The molecule has 0 aliphatic heterocycles. The second-order valence-corrected chi connectivity index (χ2v) is 7.25. The molecule has 28 heavy (non-hydrogen) atoms. The van der Waals surface area contributed by atoms with Gasteiger partial charge in [-0.25, -0.2) is 4.99 Å². The number of aliphatic imine (C=N–C) groups is 1. The molecule has 1 unspecified atom stereocenters. The number of hydrogen-bond donors (Lipinski definition) is 3. The van der Waals surface area contributed by atoms with E-state index in [4.69, 9.17) is 9.47 Å². The highest BCUT2D eigenvalue weighted by atomic mass is 127. The number of aliphatic hydroxyl groups is 1. The molecule has 0 spiro atoms. The molecule has 0 amide bonds. The van der Waals surface area contributed by atoms with E-state index in [1.165, 1.54) is 11.3 Å². The van der Waals surface area contributed by atoms with Crippen LogP contribution in [0.5, 0.6) is 11.5 Å². The van der Waals surface area contributed by atoms with Gasteiger partial charge < -0.3 is 25.2 Å². The smallest absolute Gasteiger partial charge is 0.191 e. The molecule has 0 fully saturated rings. The van der Waals surface area contributed by atoms with Gasteiger partial charge in [0.1, 0.15) is 17.1 Å². The first kappa shape index (κ1) is 24.5. The molecule has 156 valence electrons. The highest BCUT2D eigenvalue weighted by Crippen LogP contribution is 2.25. The zero-order valence-electron chi connectivity index (χ0n) is 16.8. The molecule has 1 heterocycles. The zero-order valence-corrected chi connectivity index (χ0v) is 20.0. The molecule has 2 aromatic rings. The maximum absolute atomic E-state index is 10.6. The van der Waals surface area contributed by atoms with Crippen molar-refractivity contribution in [3.05, 3.63) is 46.2 Å². The van der Waals surface area contributed by atoms with E-state index in [-0.39, 0.29) is 30.5 Å². The minimum Gasteiger partial charge on any atom is -0.497 e. The highest BCUT2D eigenvalue weighted by molar-refractivity contribution is 14.0. The molecular formula is C20H30IN3O3S. The van der Waals surface area contributed by atoms with Gasteiger partial charge in [0.15, 0.2) is 5.96 Å². The predicted molar refractivity (Wildman–Crippen MR) is 127 cm³/mol. The molecule has 1 aromatic carbocycles. The summed E-state index contributed by atoms with van der Waals surface area (Å²) in [5.74, 6) is 2.31. The Labute approximate surface area is 188 Å². The average molecular weight is 519 g/mol. The van der Waals surface area contributed by atoms with Crippen molar-refractivity contribution in [1.82, 2.24) is 10.6 Å². The van der Waals surface area contributed by atoms with Crippen LogP contribution in [0, 0.1) is 0 Å². The number of rotatable bonds is 9. The van der Waals surface area contributed by atoms with E-state index in [0.29, 0.717) is 12.5 Å². The van der Waals surface area contributed by atoms with Gasteiger partial charge in [0.05, 0.1) is 20.8 Å². The summed E-state index contributed by atoms with van der Waals surface area (Å²) in [6, 6.07) is 9.63. The van der Waals surface area contributed by atoms with E-state index in [2.05, 4.69) is 15.6 Å². The molecule has 0 aliphatic carbocycles. The van der Waals surface area contributed by atoms with Gasteiger partial charge in [0, 0.05) is 18.0 Å². The van der Waals surface area contributed by atoms with Crippen LogP contribution in [-0.2, 0) is 12.0 Å². The van der Waals surface area contributed by atoms with E-state index in [9.17, 15) is 5.11 Å². The van der Waals surface area contributed by atoms with Crippen LogP contribution in [0.4, 0.5) is 0 Å². The van der Waals surface area contributed by atoms with Crippen molar-refractivity contribution in [3.8, 4) is 11.5 Å². The molecule has 0 saturated heterocycles. The lowest BCUT2D eigenvalue weighted by Gasteiger charge is -2.20. The topological polar surface area (TPSA) is 75.1 Å².